The highest BCUT2D eigenvalue weighted by atomic mass is 16.4. The highest BCUT2D eigenvalue weighted by Gasteiger charge is 2.21. The van der Waals surface area contributed by atoms with E-state index in [0.29, 0.717) is 5.69 Å². The molecule has 0 radical (unpaired) electrons. The number of carboxylic acid groups (broad SMARTS) is 1. The van der Waals surface area contributed by atoms with Crippen LogP contribution in [-0.2, 0) is 0 Å². The van der Waals surface area contributed by atoms with E-state index in [0.717, 1.165) is 11.8 Å². The predicted molar refractivity (Wildman–Crippen MR) is 63.8 cm³/mol. The van der Waals surface area contributed by atoms with E-state index in [-0.39, 0.29) is 11.3 Å². The van der Waals surface area contributed by atoms with E-state index in [1.165, 1.54) is 4.68 Å². The van der Waals surface area contributed by atoms with Crippen LogP contribution in [0.15, 0.2) is 30.5 Å². The number of carbonyl (C=O) groups is 2. The number of aryl methyl sites for hydroxylation is 1. The summed E-state index contributed by atoms with van der Waals surface area (Å²) in [6.07, 6.45) is 1.11. The van der Waals surface area contributed by atoms with Crippen molar-refractivity contribution >= 4 is 11.9 Å². The average molecular weight is 245 g/mol. The number of carboxylic acids is 1. The van der Waals surface area contributed by atoms with Crippen LogP contribution >= 0.6 is 0 Å². The van der Waals surface area contributed by atoms with Crippen LogP contribution in [0.4, 0.5) is 0 Å². The number of amides is 1. The lowest BCUT2D eigenvalue weighted by Crippen LogP contribution is -2.20. The smallest absolute Gasteiger partial charge is 0.339 e. The van der Waals surface area contributed by atoms with Gasteiger partial charge in [-0.05, 0) is 19.1 Å². The zero-order chi connectivity index (χ0) is 13.3. The van der Waals surface area contributed by atoms with Crippen molar-refractivity contribution in [3.05, 3.63) is 47.3 Å². The van der Waals surface area contributed by atoms with Crippen LogP contribution in [0.25, 0.3) is 5.69 Å². The van der Waals surface area contributed by atoms with Gasteiger partial charge in [0, 0.05) is 0 Å². The molecular formula is C12H11N3O3. The molecule has 92 valence electrons. The molecule has 0 bridgehead atoms. The van der Waals surface area contributed by atoms with Crippen LogP contribution in [0.2, 0.25) is 0 Å². The minimum absolute atomic E-state index is 0.133. The number of aromatic carboxylic acids is 1. The lowest BCUT2D eigenvalue weighted by atomic mass is 10.2. The van der Waals surface area contributed by atoms with E-state index >= 15 is 0 Å². The minimum Gasteiger partial charge on any atom is -0.478 e. The maximum Gasteiger partial charge on any atom is 0.339 e. The van der Waals surface area contributed by atoms with Gasteiger partial charge in [0.1, 0.15) is 11.3 Å². The molecule has 0 unspecified atom stereocenters. The summed E-state index contributed by atoms with van der Waals surface area (Å²) in [5, 5.41) is 12.9. The Balaban J connectivity index is 2.61. The molecule has 2 aromatic rings. The topological polar surface area (TPSA) is 98.2 Å². The van der Waals surface area contributed by atoms with Crippen molar-refractivity contribution < 1.29 is 14.7 Å². The van der Waals surface area contributed by atoms with Crippen LogP contribution in [-0.4, -0.2) is 26.8 Å². The molecular weight excluding hydrogens is 234 g/mol. The monoisotopic (exact) mass is 245 g/mol. The second-order valence-corrected chi connectivity index (χ2v) is 3.82. The average Bonchev–Trinajstić information content (AvgIpc) is 2.74. The summed E-state index contributed by atoms with van der Waals surface area (Å²) >= 11 is 0. The van der Waals surface area contributed by atoms with E-state index in [4.69, 9.17) is 10.8 Å². The number of rotatable bonds is 3. The van der Waals surface area contributed by atoms with Crippen LogP contribution in [0.3, 0.4) is 0 Å². The van der Waals surface area contributed by atoms with E-state index in [1.54, 1.807) is 12.1 Å². The molecule has 0 aliphatic carbocycles. The Morgan fingerprint density at radius 1 is 1.28 bits per heavy atom. The van der Waals surface area contributed by atoms with E-state index in [1.807, 2.05) is 19.1 Å². The van der Waals surface area contributed by atoms with Gasteiger partial charge in [0.2, 0.25) is 0 Å². The van der Waals surface area contributed by atoms with E-state index < -0.39 is 11.9 Å². The normalized spacial score (nSPS) is 10.3. The molecule has 18 heavy (non-hydrogen) atoms. The maximum absolute atomic E-state index is 11.3. The summed E-state index contributed by atoms with van der Waals surface area (Å²) in [7, 11) is 0. The molecule has 1 aromatic carbocycles. The maximum atomic E-state index is 11.3. The second-order valence-electron chi connectivity index (χ2n) is 3.82. The lowest BCUT2D eigenvalue weighted by molar-refractivity contribution is 0.0692. The van der Waals surface area contributed by atoms with Crippen molar-refractivity contribution in [2.24, 2.45) is 5.73 Å². The fourth-order valence-electron chi connectivity index (χ4n) is 1.62. The van der Waals surface area contributed by atoms with Crippen LogP contribution in [0.5, 0.6) is 0 Å². The molecule has 0 aliphatic heterocycles. The molecule has 6 heteroatoms. The molecule has 1 aromatic heterocycles. The SMILES string of the molecule is Cc1ccc(-n2ncc(C(=O)O)c2C(N)=O)cc1. The first-order valence-corrected chi connectivity index (χ1v) is 5.19. The highest BCUT2D eigenvalue weighted by Crippen LogP contribution is 2.15. The van der Waals surface area contributed by atoms with Gasteiger partial charge in [-0.3, -0.25) is 4.79 Å². The molecule has 3 N–H and O–H groups in total. The van der Waals surface area contributed by atoms with Crippen LogP contribution in [0.1, 0.15) is 26.4 Å². The second kappa shape index (κ2) is 4.33. The molecule has 1 heterocycles. The minimum atomic E-state index is -1.23. The third kappa shape index (κ3) is 1.95. The molecule has 0 spiro atoms. The lowest BCUT2D eigenvalue weighted by Gasteiger charge is -2.05. The summed E-state index contributed by atoms with van der Waals surface area (Å²) in [6, 6.07) is 7.14. The first kappa shape index (κ1) is 11.8. The van der Waals surface area contributed by atoms with Gasteiger partial charge in [0.05, 0.1) is 11.9 Å². The number of nitrogens with two attached hydrogens (primary N) is 1. The Morgan fingerprint density at radius 2 is 1.89 bits per heavy atom. The number of nitrogens with zero attached hydrogens (tertiary/aromatic N) is 2. The Bertz CT molecular complexity index is 614. The van der Waals surface area contributed by atoms with E-state index in [2.05, 4.69) is 5.10 Å². The van der Waals surface area contributed by atoms with Crippen molar-refractivity contribution in [1.82, 2.24) is 9.78 Å². The quantitative estimate of drug-likeness (QED) is 0.841. The summed E-state index contributed by atoms with van der Waals surface area (Å²) in [4.78, 5) is 22.3. The summed E-state index contributed by atoms with van der Waals surface area (Å²) in [5.41, 5.74) is 6.49. The van der Waals surface area contributed by atoms with Gasteiger partial charge in [-0.2, -0.15) is 5.10 Å². The van der Waals surface area contributed by atoms with Crippen molar-refractivity contribution in [2.75, 3.05) is 0 Å². The molecule has 0 saturated heterocycles. The number of hydrogen-bond acceptors (Lipinski definition) is 3. The molecule has 1 amide bonds. The summed E-state index contributed by atoms with van der Waals surface area (Å²) < 4.78 is 1.23. The molecule has 6 nitrogen and oxygen atoms in total. The van der Waals surface area contributed by atoms with Crippen molar-refractivity contribution in [3.63, 3.8) is 0 Å². The number of hydrogen-bond donors (Lipinski definition) is 2. The summed E-state index contributed by atoms with van der Waals surface area (Å²) in [5.74, 6) is -2.06. The first-order valence-electron chi connectivity index (χ1n) is 5.19. The number of carbonyl (C=O) groups excluding carboxylic acids is 1. The third-order valence-electron chi connectivity index (χ3n) is 2.51. The number of primary amides is 1. The zero-order valence-corrected chi connectivity index (χ0v) is 9.62. The van der Waals surface area contributed by atoms with Gasteiger partial charge in [-0.1, -0.05) is 17.7 Å². The van der Waals surface area contributed by atoms with Gasteiger partial charge in [-0.15, -0.1) is 0 Å². The van der Waals surface area contributed by atoms with E-state index in [9.17, 15) is 9.59 Å². The van der Waals surface area contributed by atoms with Gasteiger partial charge in [0.25, 0.3) is 5.91 Å². The fraction of sp³-hybridized carbons (Fsp3) is 0.0833. The third-order valence-corrected chi connectivity index (χ3v) is 2.51. The molecule has 0 fully saturated rings. The van der Waals surface area contributed by atoms with Crippen LogP contribution in [0, 0.1) is 6.92 Å². The Morgan fingerprint density at radius 3 is 2.39 bits per heavy atom. The standard InChI is InChI=1S/C12H11N3O3/c1-7-2-4-8(5-3-7)15-10(11(13)16)9(6-14-15)12(17)18/h2-6H,1H3,(H2,13,16)(H,17,18). The van der Waals surface area contributed by atoms with Gasteiger partial charge in [-0.25, -0.2) is 9.48 Å². The molecule has 2 rings (SSSR count). The fourth-order valence-corrected chi connectivity index (χ4v) is 1.62. The Kier molecular flexibility index (Phi) is 2.85. The predicted octanol–water partition coefficient (Wildman–Crippen LogP) is 0.978. The largest absolute Gasteiger partial charge is 0.478 e. The van der Waals surface area contributed by atoms with Crippen LogP contribution < -0.4 is 5.73 Å². The molecule has 0 aliphatic rings. The Labute approximate surface area is 103 Å². The Hall–Kier alpha value is -2.63. The molecule has 0 atom stereocenters. The number of benzene rings is 1. The molecule has 0 saturated carbocycles. The van der Waals surface area contributed by atoms with Crippen molar-refractivity contribution in [2.45, 2.75) is 6.92 Å². The highest BCUT2D eigenvalue weighted by molar-refractivity contribution is 6.03. The number of aromatic nitrogens is 2. The van der Waals surface area contributed by atoms with Gasteiger partial charge < -0.3 is 10.8 Å². The zero-order valence-electron chi connectivity index (χ0n) is 9.62. The van der Waals surface area contributed by atoms with Crippen molar-refractivity contribution in [3.8, 4) is 5.69 Å². The van der Waals surface area contributed by atoms with Gasteiger partial charge in [0.15, 0.2) is 0 Å². The first-order chi connectivity index (χ1) is 8.50. The van der Waals surface area contributed by atoms with Gasteiger partial charge >= 0.3 is 5.97 Å². The van der Waals surface area contributed by atoms with Crippen molar-refractivity contribution in [1.29, 1.82) is 0 Å². The summed E-state index contributed by atoms with van der Waals surface area (Å²) in [6.45, 7) is 1.92.